The van der Waals surface area contributed by atoms with E-state index in [0.717, 1.165) is 18.8 Å². The number of hydrogen-bond acceptors (Lipinski definition) is 1. The van der Waals surface area contributed by atoms with Gasteiger partial charge in [-0.25, -0.2) is 0 Å². The number of hydrogen-bond donors (Lipinski definition) is 1. The van der Waals surface area contributed by atoms with Crippen LogP contribution in [0.15, 0.2) is 4.99 Å². The summed E-state index contributed by atoms with van der Waals surface area (Å²) in [7, 11) is 0. The van der Waals surface area contributed by atoms with E-state index in [1.165, 1.54) is 6.42 Å². The topological polar surface area (TPSA) is 38.4 Å². The minimum Gasteiger partial charge on any atom is -0.387 e. The van der Waals surface area contributed by atoms with Crippen molar-refractivity contribution in [1.29, 1.82) is 0 Å². The molecule has 0 atom stereocenters. The lowest BCUT2D eigenvalue weighted by molar-refractivity contribution is 0.787. The standard InChI is InChI=1S/C8H18N2/c1-4-5-6-10-8(9)7(2)3/h7H,4-6H2,1-3H3,(H2,9,10). The average Bonchev–Trinajstić information content (AvgIpc) is 1.88. The summed E-state index contributed by atoms with van der Waals surface area (Å²) in [5.74, 6) is 1.19. The Balaban J connectivity index is 3.48. The number of rotatable bonds is 4. The Hall–Kier alpha value is -0.530. The van der Waals surface area contributed by atoms with E-state index in [-0.39, 0.29) is 0 Å². The van der Waals surface area contributed by atoms with Gasteiger partial charge in [-0.1, -0.05) is 27.2 Å². The zero-order valence-corrected chi connectivity index (χ0v) is 7.22. The Bertz CT molecular complexity index is 106. The van der Waals surface area contributed by atoms with E-state index < -0.39 is 0 Å². The zero-order valence-electron chi connectivity index (χ0n) is 7.22. The maximum Gasteiger partial charge on any atom is 0.0962 e. The van der Waals surface area contributed by atoms with Gasteiger partial charge in [-0.2, -0.15) is 0 Å². The molecule has 0 aliphatic heterocycles. The van der Waals surface area contributed by atoms with Crippen LogP contribution < -0.4 is 5.73 Å². The summed E-state index contributed by atoms with van der Waals surface area (Å²) < 4.78 is 0. The smallest absolute Gasteiger partial charge is 0.0962 e. The van der Waals surface area contributed by atoms with Gasteiger partial charge in [0.2, 0.25) is 0 Å². The Morgan fingerprint density at radius 1 is 1.50 bits per heavy atom. The van der Waals surface area contributed by atoms with Crippen LogP contribution >= 0.6 is 0 Å². The second kappa shape index (κ2) is 5.27. The molecule has 0 bridgehead atoms. The Morgan fingerprint density at radius 3 is 2.50 bits per heavy atom. The molecule has 0 saturated carbocycles. The molecule has 2 heteroatoms. The first-order chi connectivity index (χ1) is 4.68. The lowest BCUT2D eigenvalue weighted by atomic mass is 10.2. The molecule has 0 aliphatic carbocycles. The quantitative estimate of drug-likeness (QED) is 0.363. The fourth-order valence-electron chi connectivity index (χ4n) is 0.549. The van der Waals surface area contributed by atoms with Gasteiger partial charge in [0, 0.05) is 12.5 Å². The SMILES string of the molecule is CCCCN=C(N)C(C)C. The summed E-state index contributed by atoms with van der Waals surface area (Å²) >= 11 is 0. The number of unbranched alkanes of at least 4 members (excludes halogenated alkanes) is 1. The maximum atomic E-state index is 5.61. The third-order valence-corrected chi connectivity index (χ3v) is 1.40. The van der Waals surface area contributed by atoms with Crippen LogP contribution in [-0.4, -0.2) is 12.4 Å². The molecule has 0 aromatic heterocycles. The van der Waals surface area contributed by atoms with Crippen molar-refractivity contribution in [3.63, 3.8) is 0 Å². The molecule has 0 saturated heterocycles. The van der Waals surface area contributed by atoms with Crippen molar-refractivity contribution < 1.29 is 0 Å². The molecule has 2 N–H and O–H groups in total. The summed E-state index contributed by atoms with van der Waals surface area (Å²) in [6, 6.07) is 0. The van der Waals surface area contributed by atoms with Crippen molar-refractivity contribution in [3.05, 3.63) is 0 Å². The average molecular weight is 142 g/mol. The zero-order chi connectivity index (χ0) is 7.98. The van der Waals surface area contributed by atoms with Gasteiger partial charge in [-0.05, 0) is 6.42 Å². The van der Waals surface area contributed by atoms with Crippen molar-refractivity contribution in [3.8, 4) is 0 Å². The number of nitrogens with two attached hydrogens (primary N) is 1. The van der Waals surface area contributed by atoms with E-state index in [2.05, 4.69) is 25.8 Å². The lowest BCUT2D eigenvalue weighted by Gasteiger charge is -2.02. The second-order valence-electron chi connectivity index (χ2n) is 2.81. The molecule has 0 heterocycles. The Morgan fingerprint density at radius 2 is 2.10 bits per heavy atom. The van der Waals surface area contributed by atoms with Crippen LogP contribution in [0.2, 0.25) is 0 Å². The summed E-state index contributed by atoms with van der Waals surface area (Å²) in [4.78, 5) is 4.21. The molecule has 0 rings (SSSR count). The van der Waals surface area contributed by atoms with Crippen LogP contribution in [-0.2, 0) is 0 Å². The predicted molar refractivity (Wildman–Crippen MR) is 46.2 cm³/mol. The number of nitrogens with zero attached hydrogens (tertiary/aromatic N) is 1. The molecule has 10 heavy (non-hydrogen) atoms. The summed E-state index contributed by atoms with van der Waals surface area (Å²) in [5.41, 5.74) is 5.61. The molecule has 0 aliphatic rings. The Labute approximate surface area is 63.5 Å². The van der Waals surface area contributed by atoms with E-state index in [0.29, 0.717) is 5.92 Å². The molecule has 0 spiro atoms. The fourth-order valence-corrected chi connectivity index (χ4v) is 0.549. The molecule has 2 nitrogen and oxygen atoms in total. The lowest BCUT2D eigenvalue weighted by Crippen LogP contribution is -2.19. The van der Waals surface area contributed by atoms with Gasteiger partial charge < -0.3 is 5.73 Å². The summed E-state index contributed by atoms with van der Waals surface area (Å²) in [6.45, 7) is 7.16. The maximum absolute atomic E-state index is 5.61. The monoisotopic (exact) mass is 142 g/mol. The molecule has 0 unspecified atom stereocenters. The fraction of sp³-hybridized carbons (Fsp3) is 0.875. The van der Waals surface area contributed by atoms with Crippen LogP contribution in [0, 0.1) is 5.92 Å². The van der Waals surface area contributed by atoms with Crippen molar-refractivity contribution in [2.45, 2.75) is 33.6 Å². The van der Waals surface area contributed by atoms with E-state index in [9.17, 15) is 0 Å². The van der Waals surface area contributed by atoms with Crippen LogP contribution in [0.1, 0.15) is 33.6 Å². The summed E-state index contributed by atoms with van der Waals surface area (Å²) in [5, 5.41) is 0. The van der Waals surface area contributed by atoms with Crippen LogP contribution in [0.25, 0.3) is 0 Å². The largest absolute Gasteiger partial charge is 0.387 e. The highest BCUT2D eigenvalue weighted by Crippen LogP contribution is 1.93. The van der Waals surface area contributed by atoms with Gasteiger partial charge >= 0.3 is 0 Å². The molecule has 0 aromatic carbocycles. The highest BCUT2D eigenvalue weighted by atomic mass is 14.8. The second-order valence-corrected chi connectivity index (χ2v) is 2.81. The van der Waals surface area contributed by atoms with Crippen molar-refractivity contribution in [1.82, 2.24) is 0 Å². The highest BCUT2D eigenvalue weighted by Gasteiger charge is 1.96. The van der Waals surface area contributed by atoms with Crippen molar-refractivity contribution >= 4 is 5.84 Å². The molecule has 60 valence electrons. The predicted octanol–water partition coefficient (Wildman–Crippen LogP) is 1.80. The van der Waals surface area contributed by atoms with Gasteiger partial charge in [0.1, 0.15) is 0 Å². The van der Waals surface area contributed by atoms with Crippen LogP contribution in [0.5, 0.6) is 0 Å². The van der Waals surface area contributed by atoms with Gasteiger partial charge in [-0.15, -0.1) is 0 Å². The molecule has 0 amide bonds. The van der Waals surface area contributed by atoms with Gasteiger partial charge in [0.05, 0.1) is 5.84 Å². The van der Waals surface area contributed by atoms with Crippen molar-refractivity contribution in [2.24, 2.45) is 16.6 Å². The molecular formula is C8H18N2. The van der Waals surface area contributed by atoms with Gasteiger partial charge in [0.15, 0.2) is 0 Å². The first-order valence-corrected chi connectivity index (χ1v) is 3.98. The van der Waals surface area contributed by atoms with Gasteiger partial charge in [-0.3, -0.25) is 4.99 Å². The highest BCUT2D eigenvalue weighted by molar-refractivity contribution is 5.82. The third kappa shape index (κ3) is 4.36. The van der Waals surface area contributed by atoms with E-state index in [1.807, 2.05) is 0 Å². The normalized spacial score (nSPS) is 12.6. The Kier molecular flexibility index (Phi) is 4.99. The van der Waals surface area contributed by atoms with E-state index in [4.69, 9.17) is 5.73 Å². The summed E-state index contributed by atoms with van der Waals surface area (Å²) in [6.07, 6.45) is 2.34. The number of amidine groups is 1. The number of aliphatic imine (C=N–C) groups is 1. The van der Waals surface area contributed by atoms with E-state index >= 15 is 0 Å². The van der Waals surface area contributed by atoms with Crippen LogP contribution in [0.4, 0.5) is 0 Å². The van der Waals surface area contributed by atoms with Crippen molar-refractivity contribution in [2.75, 3.05) is 6.54 Å². The minimum atomic E-state index is 0.400. The third-order valence-electron chi connectivity index (χ3n) is 1.40. The first kappa shape index (κ1) is 9.47. The minimum absolute atomic E-state index is 0.400. The molecule has 0 radical (unpaired) electrons. The van der Waals surface area contributed by atoms with E-state index in [1.54, 1.807) is 0 Å². The molecular weight excluding hydrogens is 124 g/mol. The van der Waals surface area contributed by atoms with Crippen LogP contribution in [0.3, 0.4) is 0 Å². The van der Waals surface area contributed by atoms with Gasteiger partial charge in [0.25, 0.3) is 0 Å². The first-order valence-electron chi connectivity index (χ1n) is 3.98. The molecule has 0 fully saturated rings. The molecule has 0 aromatic rings.